The maximum Gasteiger partial charge on any atom is 0.522 e. The molecule has 1 aliphatic rings. The number of methoxy groups -OCH3 is 1. The van der Waals surface area contributed by atoms with E-state index < -0.39 is 18.4 Å². The first-order valence-electron chi connectivity index (χ1n) is 10.6. The number of aryl methyl sites for hydroxylation is 1. The fourth-order valence-electron chi connectivity index (χ4n) is 4.65. The highest BCUT2D eigenvalue weighted by molar-refractivity contribution is 5.88. The number of likely N-dealkylation sites (tertiary alicyclic amines) is 1. The first-order chi connectivity index (χ1) is 15.7. The van der Waals surface area contributed by atoms with Crippen molar-refractivity contribution in [2.45, 2.75) is 44.8 Å². The number of hydrogen-bond donors (Lipinski definition) is 2. The Kier molecular flexibility index (Phi) is 6.36. The molecule has 2 aromatic carbocycles. The summed E-state index contributed by atoms with van der Waals surface area (Å²) < 4.78 is 48.7. The largest absolute Gasteiger partial charge is 0.522 e. The van der Waals surface area contributed by atoms with E-state index in [0.717, 1.165) is 27.6 Å². The van der Waals surface area contributed by atoms with Gasteiger partial charge in [0.15, 0.2) is 0 Å². The Hall–Kier alpha value is -3.04. The number of aromatic amines is 1. The highest BCUT2D eigenvalue weighted by atomic mass is 19.4. The number of carboxylic acid groups (broad SMARTS) is 1. The van der Waals surface area contributed by atoms with Gasteiger partial charge in [0.2, 0.25) is 0 Å². The van der Waals surface area contributed by atoms with Gasteiger partial charge in [-0.3, -0.25) is 9.64 Å². The van der Waals surface area contributed by atoms with E-state index in [2.05, 4.69) is 14.6 Å². The first-order valence-corrected chi connectivity index (χ1v) is 10.6. The van der Waals surface area contributed by atoms with E-state index in [1.54, 1.807) is 19.2 Å². The number of fused-ring (bicyclic) bond motifs is 1. The molecule has 0 amide bonds. The maximum absolute atomic E-state index is 12.9. The molecule has 1 saturated heterocycles. The van der Waals surface area contributed by atoms with Crippen molar-refractivity contribution >= 4 is 16.9 Å². The Morgan fingerprint density at radius 2 is 1.97 bits per heavy atom. The number of nitrogens with one attached hydrogen (secondary N) is 1. The lowest BCUT2D eigenvalue weighted by Gasteiger charge is -2.40. The van der Waals surface area contributed by atoms with Crippen LogP contribution in [0.3, 0.4) is 0 Å². The first kappa shape index (κ1) is 23.1. The number of aromatic carboxylic acids is 1. The molecule has 0 unspecified atom stereocenters. The Labute approximate surface area is 188 Å². The average molecular weight is 462 g/mol. The molecule has 1 aliphatic heterocycles. The molecule has 2 N–H and O–H groups in total. The molecule has 0 spiro atoms. The zero-order valence-electron chi connectivity index (χ0n) is 18.3. The van der Waals surface area contributed by atoms with Crippen LogP contribution in [0.5, 0.6) is 5.75 Å². The monoisotopic (exact) mass is 462 g/mol. The molecule has 4 rings (SSSR count). The molecular weight excluding hydrogens is 437 g/mol. The Balaban J connectivity index is 1.68. The molecule has 176 valence electrons. The summed E-state index contributed by atoms with van der Waals surface area (Å²) in [6.45, 7) is 2.83. The normalized spacial score (nSPS) is 19.7. The van der Waals surface area contributed by atoms with Gasteiger partial charge in [-0.1, -0.05) is 12.1 Å². The van der Waals surface area contributed by atoms with Crippen LogP contribution < -0.4 is 4.74 Å². The molecule has 3 aromatic rings. The molecule has 1 fully saturated rings. The molecule has 0 bridgehead atoms. The number of H-pyrrole nitrogens is 1. The lowest BCUT2D eigenvalue weighted by molar-refractivity contribution is -0.347. The summed E-state index contributed by atoms with van der Waals surface area (Å²) in [5.74, 6) is -0.340. The van der Waals surface area contributed by atoms with Crippen molar-refractivity contribution < 1.29 is 32.5 Å². The summed E-state index contributed by atoms with van der Waals surface area (Å²) >= 11 is 0. The number of halogens is 3. The van der Waals surface area contributed by atoms with Gasteiger partial charge in [0.1, 0.15) is 5.75 Å². The minimum absolute atomic E-state index is 0.124. The molecule has 2 heterocycles. The Morgan fingerprint density at radius 3 is 2.61 bits per heavy atom. The minimum Gasteiger partial charge on any atom is -0.496 e. The second kappa shape index (κ2) is 9.07. The van der Waals surface area contributed by atoms with Crippen LogP contribution in [-0.2, 0) is 11.3 Å². The summed E-state index contributed by atoms with van der Waals surface area (Å²) in [7, 11) is 1.60. The van der Waals surface area contributed by atoms with Gasteiger partial charge in [-0.2, -0.15) is 0 Å². The number of aromatic nitrogens is 1. The van der Waals surface area contributed by atoms with Gasteiger partial charge < -0.3 is 14.8 Å². The van der Waals surface area contributed by atoms with E-state index >= 15 is 0 Å². The molecule has 1 aromatic heterocycles. The summed E-state index contributed by atoms with van der Waals surface area (Å²) in [4.78, 5) is 16.6. The number of carbonyl (C=O) groups is 1. The smallest absolute Gasteiger partial charge is 0.496 e. The molecule has 2 atom stereocenters. The van der Waals surface area contributed by atoms with E-state index in [4.69, 9.17) is 4.74 Å². The predicted molar refractivity (Wildman–Crippen MR) is 116 cm³/mol. The second-order valence-electron chi connectivity index (χ2n) is 8.26. The molecule has 33 heavy (non-hydrogen) atoms. The Morgan fingerprint density at radius 1 is 1.24 bits per heavy atom. The van der Waals surface area contributed by atoms with E-state index in [-0.39, 0.29) is 24.4 Å². The van der Waals surface area contributed by atoms with Gasteiger partial charge >= 0.3 is 12.3 Å². The average Bonchev–Trinajstić information content (AvgIpc) is 3.26. The highest BCUT2D eigenvalue weighted by Crippen LogP contribution is 2.39. The standard InChI is InChI=1S/C24H25F3N2O4/c1-14-11-21(32-2)19(18-7-9-28-22(14)18)13-29-10-8-17(33-24(25,26)27)12-20(29)15-3-5-16(6-4-15)23(30)31/h3-7,9,11,17,20,28H,8,10,12-13H2,1-2H3,(H,30,31)/t17-,20-/m0/s1. The van der Waals surface area contributed by atoms with Crippen molar-refractivity contribution in [3.63, 3.8) is 0 Å². The highest BCUT2D eigenvalue weighted by Gasteiger charge is 2.38. The van der Waals surface area contributed by atoms with Crippen LogP contribution in [0.4, 0.5) is 13.2 Å². The number of rotatable bonds is 6. The van der Waals surface area contributed by atoms with Gasteiger partial charge in [0, 0.05) is 41.8 Å². The lowest BCUT2D eigenvalue weighted by Crippen LogP contribution is -2.41. The molecular formula is C24H25F3N2O4. The van der Waals surface area contributed by atoms with Crippen molar-refractivity contribution in [1.82, 2.24) is 9.88 Å². The van der Waals surface area contributed by atoms with Crippen LogP contribution in [0, 0.1) is 6.92 Å². The van der Waals surface area contributed by atoms with Crippen LogP contribution in [-0.4, -0.2) is 47.1 Å². The van der Waals surface area contributed by atoms with Gasteiger partial charge in [0.25, 0.3) is 0 Å². The van der Waals surface area contributed by atoms with Crippen molar-refractivity contribution in [1.29, 1.82) is 0 Å². The predicted octanol–water partition coefficient (Wildman–Crippen LogP) is 5.43. The molecule has 0 aliphatic carbocycles. The van der Waals surface area contributed by atoms with Crippen molar-refractivity contribution in [3.8, 4) is 5.75 Å². The number of nitrogens with zero attached hydrogens (tertiary/aromatic N) is 1. The van der Waals surface area contributed by atoms with E-state index in [1.807, 2.05) is 25.3 Å². The number of hydrogen-bond acceptors (Lipinski definition) is 4. The van der Waals surface area contributed by atoms with E-state index in [1.165, 1.54) is 12.1 Å². The number of piperidine rings is 1. The minimum atomic E-state index is -4.71. The van der Waals surface area contributed by atoms with Crippen LogP contribution in [0.1, 0.15) is 45.9 Å². The van der Waals surface area contributed by atoms with Crippen molar-refractivity contribution in [2.75, 3.05) is 13.7 Å². The van der Waals surface area contributed by atoms with Crippen molar-refractivity contribution in [2.24, 2.45) is 0 Å². The third-order valence-corrected chi connectivity index (χ3v) is 6.20. The third kappa shape index (κ3) is 4.99. The maximum atomic E-state index is 12.9. The van der Waals surface area contributed by atoms with Crippen molar-refractivity contribution in [3.05, 3.63) is 64.8 Å². The second-order valence-corrected chi connectivity index (χ2v) is 8.26. The lowest BCUT2D eigenvalue weighted by atomic mass is 9.91. The third-order valence-electron chi connectivity index (χ3n) is 6.20. The van der Waals surface area contributed by atoms with Gasteiger partial charge in [-0.15, -0.1) is 13.2 Å². The summed E-state index contributed by atoms with van der Waals surface area (Å²) in [5, 5.41) is 10.2. The number of benzene rings is 2. The van der Waals surface area contributed by atoms with Crippen LogP contribution in [0.15, 0.2) is 42.6 Å². The van der Waals surface area contributed by atoms with Gasteiger partial charge in [0.05, 0.1) is 18.8 Å². The number of ether oxygens (including phenoxy) is 2. The topological polar surface area (TPSA) is 74.8 Å². The van der Waals surface area contributed by atoms with Gasteiger partial charge in [-0.05, 0) is 55.2 Å². The molecule has 0 saturated carbocycles. The van der Waals surface area contributed by atoms with E-state index in [9.17, 15) is 23.1 Å². The molecule has 0 radical (unpaired) electrons. The van der Waals surface area contributed by atoms with Gasteiger partial charge in [-0.25, -0.2) is 4.79 Å². The SMILES string of the molecule is COc1cc(C)c2[nH]ccc2c1CN1CC[C@H](OC(F)(F)F)C[C@H]1c1ccc(C(=O)O)cc1. The zero-order chi connectivity index (χ0) is 23.8. The summed E-state index contributed by atoms with van der Waals surface area (Å²) in [6, 6.07) is 9.81. The number of carboxylic acids is 1. The zero-order valence-corrected chi connectivity index (χ0v) is 18.3. The van der Waals surface area contributed by atoms with Crippen LogP contribution in [0.2, 0.25) is 0 Å². The summed E-state index contributed by atoms with van der Waals surface area (Å²) in [6.07, 6.45) is -3.46. The Bertz CT molecular complexity index is 1140. The molecule has 6 nitrogen and oxygen atoms in total. The number of alkyl halides is 3. The summed E-state index contributed by atoms with van der Waals surface area (Å²) in [5.41, 5.74) is 3.84. The quantitative estimate of drug-likeness (QED) is 0.511. The van der Waals surface area contributed by atoms with E-state index in [0.29, 0.717) is 18.8 Å². The fourth-order valence-corrected chi connectivity index (χ4v) is 4.65. The fraction of sp³-hybridized carbons (Fsp3) is 0.375. The van der Waals surface area contributed by atoms with Crippen LogP contribution >= 0.6 is 0 Å². The van der Waals surface area contributed by atoms with Crippen LogP contribution in [0.25, 0.3) is 10.9 Å². The molecule has 9 heteroatoms.